The summed E-state index contributed by atoms with van der Waals surface area (Å²) >= 11 is 0. The van der Waals surface area contributed by atoms with Crippen LogP contribution in [0.4, 0.5) is 0 Å². The van der Waals surface area contributed by atoms with E-state index in [4.69, 9.17) is 18.9 Å². The number of ether oxygens (including phenoxy) is 4. The second-order valence-corrected chi connectivity index (χ2v) is 17.4. The summed E-state index contributed by atoms with van der Waals surface area (Å²) in [7, 11) is 0. The van der Waals surface area contributed by atoms with E-state index in [9.17, 15) is 19.2 Å². The highest BCUT2D eigenvalue weighted by atomic mass is 16.6. The molecule has 2 unspecified atom stereocenters. The Hall–Kier alpha value is -2.12. The standard InChI is InChI=1S/C51H96O8/c1-5-9-13-29-36-46(58-50(54)42-27-11-7-3)38-31-23-19-17-15-16-18-20-25-33-40-48(52)56-44-35-45-57-49(53)41-34-26-22-21-24-32-39-47(37-30-14-10-6-2)59-51(55)43-28-12-8-4/h46-47H,5-45H2,1-4H3. The number of esters is 4. The van der Waals surface area contributed by atoms with Crippen LogP contribution in [0.3, 0.4) is 0 Å². The molecule has 0 aromatic rings. The van der Waals surface area contributed by atoms with Gasteiger partial charge in [-0.2, -0.15) is 0 Å². The third-order valence-electron chi connectivity index (χ3n) is 11.5. The van der Waals surface area contributed by atoms with E-state index in [2.05, 4.69) is 27.7 Å². The molecule has 0 aliphatic carbocycles. The van der Waals surface area contributed by atoms with Gasteiger partial charge in [-0.05, 0) is 77.0 Å². The lowest BCUT2D eigenvalue weighted by molar-refractivity contribution is -0.151. The number of carbonyl (C=O) groups excluding carboxylic acids is 4. The van der Waals surface area contributed by atoms with Gasteiger partial charge in [-0.25, -0.2) is 0 Å². The fourth-order valence-electron chi connectivity index (χ4n) is 7.63. The van der Waals surface area contributed by atoms with Gasteiger partial charge in [0.25, 0.3) is 0 Å². The molecule has 0 N–H and O–H groups in total. The number of unbranched alkanes of at least 4 members (excludes halogenated alkanes) is 24. The maximum absolute atomic E-state index is 12.3. The predicted molar refractivity (Wildman–Crippen MR) is 244 cm³/mol. The fraction of sp³-hybridized carbons (Fsp3) is 0.922. The van der Waals surface area contributed by atoms with Crippen molar-refractivity contribution in [1.29, 1.82) is 0 Å². The molecule has 0 rings (SSSR count). The van der Waals surface area contributed by atoms with Gasteiger partial charge in [0.1, 0.15) is 12.2 Å². The van der Waals surface area contributed by atoms with Gasteiger partial charge in [0.05, 0.1) is 13.2 Å². The predicted octanol–water partition coefficient (Wildman–Crippen LogP) is 15.2. The molecule has 0 saturated carbocycles. The monoisotopic (exact) mass is 837 g/mol. The molecule has 0 radical (unpaired) electrons. The Morgan fingerprint density at radius 2 is 0.525 bits per heavy atom. The molecular weight excluding hydrogens is 741 g/mol. The van der Waals surface area contributed by atoms with Gasteiger partial charge in [-0.3, -0.25) is 19.2 Å². The van der Waals surface area contributed by atoms with Gasteiger partial charge in [-0.15, -0.1) is 0 Å². The zero-order valence-electron chi connectivity index (χ0n) is 39.4. The summed E-state index contributed by atoms with van der Waals surface area (Å²) in [4.78, 5) is 48.8. The number of hydrogen-bond acceptors (Lipinski definition) is 8. The summed E-state index contributed by atoms with van der Waals surface area (Å²) in [5.74, 6) is -0.352. The third-order valence-corrected chi connectivity index (χ3v) is 11.5. The second kappa shape index (κ2) is 45.4. The quantitative estimate of drug-likeness (QED) is 0.0339. The van der Waals surface area contributed by atoms with Crippen molar-refractivity contribution in [1.82, 2.24) is 0 Å². The number of rotatable bonds is 46. The highest BCUT2D eigenvalue weighted by Gasteiger charge is 2.15. The molecule has 8 heteroatoms. The Balaban J connectivity index is 3.74. The highest BCUT2D eigenvalue weighted by Crippen LogP contribution is 2.20. The van der Waals surface area contributed by atoms with Crippen LogP contribution in [0.1, 0.15) is 278 Å². The molecule has 348 valence electrons. The van der Waals surface area contributed by atoms with Crippen LogP contribution in [0.25, 0.3) is 0 Å². The molecule has 59 heavy (non-hydrogen) atoms. The summed E-state index contributed by atoms with van der Waals surface area (Å²) < 4.78 is 22.4. The highest BCUT2D eigenvalue weighted by molar-refractivity contribution is 5.70. The average Bonchev–Trinajstić information content (AvgIpc) is 3.22. The summed E-state index contributed by atoms with van der Waals surface area (Å²) in [6.07, 6.45) is 40.6. The zero-order chi connectivity index (χ0) is 43.3. The maximum atomic E-state index is 12.3. The number of hydrogen-bond donors (Lipinski definition) is 0. The normalized spacial score (nSPS) is 12.3. The average molecular weight is 837 g/mol. The van der Waals surface area contributed by atoms with E-state index >= 15 is 0 Å². The van der Waals surface area contributed by atoms with Crippen molar-refractivity contribution < 1.29 is 38.1 Å². The minimum absolute atomic E-state index is 0.000774. The maximum Gasteiger partial charge on any atom is 0.306 e. The Morgan fingerprint density at radius 3 is 0.847 bits per heavy atom. The van der Waals surface area contributed by atoms with E-state index < -0.39 is 0 Å². The molecule has 0 aromatic carbocycles. The van der Waals surface area contributed by atoms with Crippen LogP contribution < -0.4 is 0 Å². The van der Waals surface area contributed by atoms with Gasteiger partial charge in [0.2, 0.25) is 0 Å². The molecule has 2 atom stereocenters. The lowest BCUT2D eigenvalue weighted by Gasteiger charge is -2.18. The topological polar surface area (TPSA) is 105 Å². The first-order chi connectivity index (χ1) is 28.9. The van der Waals surface area contributed by atoms with Crippen molar-refractivity contribution in [2.24, 2.45) is 0 Å². The van der Waals surface area contributed by atoms with Crippen LogP contribution in [0, 0.1) is 0 Å². The fourth-order valence-corrected chi connectivity index (χ4v) is 7.63. The van der Waals surface area contributed by atoms with Crippen LogP contribution in [0.15, 0.2) is 0 Å². The van der Waals surface area contributed by atoms with E-state index in [1.165, 1.54) is 77.0 Å². The number of carbonyl (C=O) groups is 4. The summed E-state index contributed by atoms with van der Waals surface area (Å²) in [6.45, 7) is 9.35. The Bertz CT molecular complexity index is 952. The van der Waals surface area contributed by atoms with Gasteiger partial charge >= 0.3 is 23.9 Å². The summed E-state index contributed by atoms with van der Waals surface area (Å²) in [5.41, 5.74) is 0. The van der Waals surface area contributed by atoms with Crippen molar-refractivity contribution in [3.05, 3.63) is 0 Å². The van der Waals surface area contributed by atoms with E-state index in [1.807, 2.05) is 0 Å². The molecule has 0 aliphatic rings. The second-order valence-electron chi connectivity index (χ2n) is 17.4. The van der Waals surface area contributed by atoms with Crippen LogP contribution in [-0.2, 0) is 38.1 Å². The van der Waals surface area contributed by atoms with Gasteiger partial charge in [0, 0.05) is 32.1 Å². The van der Waals surface area contributed by atoms with Crippen LogP contribution in [-0.4, -0.2) is 49.3 Å². The molecule has 0 aromatic heterocycles. The molecule has 0 amide bonds. The molecule has 0 aliphatic heterocycles. The molecule has 0 fully saturated rings. The van der Waals surface area contributed by atoms with E-state index in [-0.39, 0.29) is 36.1 Å². The lowest BCUT2D eigenvalue weighted by atomic mass is 10.0. The van der Waals surface area contributed by atoms with Gasteiger partial charge in [-0.1, -0.05) is 169 Å². The first-order valence-electron chi connectivity index (χ1n) is 25.6. The lowest BCUT2D eigenvalue weighted by Crippen LogP contribution is -2.18. The first kappa shape index (κ1) is 56.9. The largest absolute Gasteiger partial charge is 0.466 e. The van der Waals surface area contributed by atoms with Gasteiger partial charge < -0.3 is 18.9 Å². The molecule has 8 nitrogen and oxygen atoms in total. The molecule has 0 spiro atoms. The minimum atomic E-state index is -0.169. The van der Waals surface area contributed by atoms with E-state index in [0.29, 0.717) is 45.3 Å². The SMILES string of the molecule is CCCCCCC(CCCCCCCCCCCCC(=O)OCCCOC(=O)CCCCCCCCC(CCCCCC)OC(=O)CCCCC)OC(=O)CCCCC. The first-order valence-corrected chi connectivity index (χ1v) is 25.6. The van der Waals surface area contributed by atoms with Crippen LogP contribution >= 0.6 is 0 Å². The van der Waals surface area contributed by atoms with Crippen molar-refractivity contribution in [2.45, 2.75) is 290 Å². The van der Waals surface area contributed by atoms with E-state index in [1.54, 1.807) is 0 Å². The van der Waals surface area contributed by atoms with Crippen LogP contribution in [0.5, 0.6) is 0 Å². The molecule has 0 bridgehead atoms. The Labute approximate surface area is 364 Å². The molecular formula is C51H96O8. The van der Waals surface area contributed by atoms with E-state index in [0.717, 1.165) is 141 Å². The minimum Gasteiger partial charge on any atom is -0.466 e. The van der Waals surface area contributed by atoms with Crippen molar-refractivity contribution >= 4 is 23.9 Å². The van der Waals surface area contributed by atoms with Crippen molar-refractivity contribution in [2.75, 3.05) is 13.2 Å². The van der Waals surface area contributed by atoms with Crippen LogP contribution in [0.2, 0.25) is 0 Å². The van der Waals surface area contributed by atoms with Crippen molar-refractivity contribution in [3.63, 3.8) is 0 Å². The third kappa shape index (κ3) is 42.4. The zero-order valence-corrected chi connectivity index (χ0v) is 39.4. The Morgan fingerprint density at radius 1 is 0.288 bits per heavy atom. The summed E-state index contributed by atoms with van der Waals surface area (Å²) in [5, 5.41) is 0. The van der Waals surface area contributed by atoms with Gasteiger partial charge in [0.15, 0.2) is 0 Å². The smallest absolute Gasteiger partial charge is 0.306 e. The molecule has 0 saturated heterocycles. The molecule has 0 heterocycles. The Kier molecular flexibility index (Phi) is 43.8. The summed E-state index contributed by atoms with van der Waals surface area (Å²) in [6, 6.07) is 0. The van der Waals surface area contributed by atoms with Crippen molar-refractivity contribution in [3.8, 4) is 0 Å².